The Labute approximate surface area is 147 Å². The van der Waals surface area contributed by atoms with Crippen LogP contribution in [0.4, 0.5) is 5.69 Å². The lowest BCUT2D eigenvalue weighted by Crippen LogP contribution is -2.06. The van der Waals surface area contributed by atoms with Crippen LogP contribution < -0.4 is 10.1 Å². The van der Waals surface area contributed by atoms with Crippen molar-refractivity contribution in [1.82, 2.24) is 0 Å². The fourth-order valence-corrected chi connectivity index (χ4v) is 2.74. The molecule has 3 rings (SSSR count). The average molecular weight is 335 g/mol. The number of carbonyl (C=O) groups is 1. The smallest absolute Gasteiger partial charge is 0.335 e. The maximum absolute atomic E-state index is 10.9. The Kier molecular flexibility index (Phi) is 4.89. The van der Waals surface area contributed by atoms with Crippen LogP contribution in [0.1, 0.15) is 35.3 Å². The SMILES string of the molecule is CC(=Cc1ccc(C(=O)O)cc1)CNc1ccc2c(c1)OCC=C2C. The summed E-state index contributed by atoms with van der Waals surface area (Å²) >= 11 is 0. The predicted octanol–water partition coefficient (Wildman–Crippen LogP) is 4.70. The Hall–Kier alpha value is -3.01. The number of rotatable bonds is 5. The summed E-state index contributed by atoms with van der Waals surface area (Å²) < 4.78 is 5.69. The highest BCUT2D eigenvalue weighted by Gasteiger charge is 2.10. The molecule has 1 aliphatic heterocycles. The zero-order valence-electron chi connectivity index (χ0n) is 14.4. The zero-order valence-corrected chi connectivity index (χ0v) is 14.4. The minimum Gasteiger partial charge on any atom is -0.489 e. The molecule has 0 atom stereocenters. The number of hydrogen-bond acceptors (Lipinski definition) is 3. The summed E-state index contributed by atoms with van der Waals surface area (Å²) in [5.41, 5.74) is 5.83. The summed E-state index contributed by atoms with van der Waals surface area (Å²) in [5.74, 6) is 0.00419. The number of benzene rings is 2. The molecule has 0 saturated heterocycles. The maximum atomic E-state index is 10.9. The molecule has 2 N–H and O–H groups in total. The number of aromatic carboxylic acids is 1. The van der Waals surface area contributed by atoms with E-state index in [9.17, 15) is 4.79 Å². The van der Waals surface area contributed by atoms with Gasteiger partial charge < -0.3 is 15.2 Å². The number of allylic oxidation sites excluding steroid dienone is 1. The first-order chi connectivity index (χ1) is 12.0. The van der Waals surface area contributed by atoms with E-state index in [0.717, 1.165) is 28.1 Å². The van der Waals surface area contributed by atoms with E-state index in [1.54, 1.807) is 12.1 Å². The van der Waals surface area contributed by atoms with E-state index < -0.39 is 5.97 Å². The van der Waals surface area contributed by atoms with Gasteiger partial charge in [0.2, 0.25) is 0 Å². The summed E-state index contributed by atoms with van der Waals surface area (Å²) in [6.45, 7) is 5.46. The van der Waals surface area contributed by atoms with Gasteiger partial charge in [0, 0.05) is 23.9 Å². The van der Waals surface area contributed by atoms with Crippen LogP contribution in [-0.4, -0.2) is 24.2 Å². The molecule has 0 aromatic heterocycles. The first-order valence-electron chi connectivity index (χ1n) is 8.21. The van der Waals surface area contributed by atoms with Gasteiger partial charge >= 0.3 is 5.97 Å². The molecule has 0 amide bonds. The summed E-state index contributed by atoms with van der Waals surface area (Å²) in [4.78, 5) is 10.9. The summed E-state index contributed by atoms with van der Waals surface area (Å²) in [5, 5.41) is 12.3. The number of carboxylic acids is 1. The number of anilines is 1. The molecule has 0 fully saturated rings. The molecular weight excluding hydrogens is 314 g/mol. The minimum absolute atomic E-state index is 0.298. The Morgan fingerprint density at radius 2 is 2.00 bits per heavy atom. The quantitative estimate of drug-likeness (QED) is 0.832. The van der Waals surface area contributed by atoms with E-state index >= 15 is 0 Å². The predicted molar refractivity (Wildman–Crippen MR) is 101 cm³/mol. The Bertz CT molecular complexity index is 848. The molecule has 0 bridgehead atoms. The van der Waals surface area contributed by atoms with Crippen molar-refractivity contribution in [2.45, 2.75) is 13.8 Å². The minimum atomic E-state index is -0.909. The molecule has 2 aromatic carbocycles. The van der Waals surface area contributed by atoms with Crippen molar-refractivity contribution >= 4 is 23.3 Å². The molecule has 128 valence electrons. The molecule has 0 unspecified atom stereocenters. The molecule has 4 heteroatoms. The van der Waals surface area contributed by atoms with Crippen LogP contribution in [0.25, 0.3) is 11.6 Å². The third-order valence-electron chi connectivity index (χ3n) is 4.18. The van der Waals surface area contributed by atoms with E-state index in [2.05, 4.69) is 30.4 Å². The first-order valence-corrected chi connectivity index (χ1v) is 8.21. The second kappa shape index (κ2) is 7.26. The van der Waals surface area contributed by atoms with Crippen molar-refractivity contribution in [3.8, 4) is 5.75 Å². The van der Waals surface area contributed by atoms with Gasteiger partial charge in [0.1, 0.15) is 12.4 Å². The second-order valence-corrected chi connectivity index (χ2v) is 6.18. The number of fused-ring (bicyclic) bond motifs is 1. The van der Waals surface area contributed by atoms with Crippen molar-refractivity contribution < 1.29 is 14.6 Å². The molecule has 0 saturated carbocycles. The van der Waals surface area contributed by atoms with Gasteiger partial charge in [-0.05, 0) is 55.3 Å². The number of hydrogen-bond donors (Lipinski definition) is 2. The van der Waals surface area contributed by atoms with Gasteiger partial charge in [-0.15, -0.1) is 0 Å². The lowest BCUT2D eigenvalue weighted by molar-refractivity contribution is 0.0697. The fourth-order valence-electron chi connectivity index (χ4n) is 2.74. The van der Waals surface area contributed by atoms with Crippen molar-refractivity contribution in [2.75, 3.05) is 18.5 Å². The highest BCUT2D eigenvalue weighted by atomic mass is 16.5. The average Bonchev–Trinajstić information content (AvgIpc) is 2.60. The molecular formula is C21H21NO3. The summed E-state index contributed by atoms with van der Waals surface area (Å²) in [6, 6.07) is 13.0. The molecule has 4 nitrogen and oxygen atoms in total. The molecule has 0 spiro atoms. The van der Waals surface area contributed by atoms with Crippen molar-refractivity contribution in [2.24, 2.45) is 0 Å². The standard InChI is InChI=1S/C21H21NO3/c1-14(11-16-3-5-17(6-4-16)21(23)24)13-22-18-7-8-19-15(2)9-10-25-20(19)12-18/h3-9,11-12,22H,10,13H2,1-2H3,(H,23,24). The topological polar surface area (TPSA) is 58.6 Å². The largest absolute Gasteiger partial charge is 0.489 e. The highest BCUT2D eigenvalue weighted by Crippen LogP contribution is 2.31. The summed E-state index contributed by atoms with van der Waals surface area (Å²) in [6.07, 6.45) is 4.12. The number of nitrogens with one attached hydrogen (secondary N) is 1. The van der Waals surface area contributed by atoms with Gasteiger partial charge in [-0.25, -0.2) is 4.79 Å². The van der Waals surface area contributed by atoms with Crippen LogP contribution in [0.3, 0.4) is 0 Å². The highest BCUT2D eigenvalue weighted by molar-refractivity contribution is 5.87. The lowest BCUT2D eigenvalue weighted by atomic mass is 10.0. The van der Waals surface area contributed by atoms with E-state index in [-0.39, 0.29) is 0 Å². The van der Waals surface area contributed by atoms with Gasteiger partial charge in [0.25, 0.3) is 0 Å². The van der Waals surface area contributed by atoms with Crippen LogP contribution in [0.5, 0.6) is 5.75 Å². The van der Waals surface area contributed by atoms with E-state index in [1.165, 1.54) is 5.57 Å². The van der Waals surface area contributed by atoms with Gasteiger partial charge in [-0.1, -0.05) is 23.8 Å². The Balaban J connectivity index is 1.65. The molecule has 0 aliphatic carbocycles. The molecule has 0 radical (unpaired) electrons. The molecule has 1 aliphatic rings. The van der Waals surface area contributed by atoms with Gasteiger partial charge in [-0.3, -0.25) is 0 Å². The molecule has 25 heavy (non-hydrogen) atoms. The van der Waals surface area contributed by atoms with Crippen LogP contribution >= 0.6 is 0 Å². The summed E-state index contributed by atoms with van der Waals surface area (Å²) in [7, 11) is 0. The Morgan fingerprint density at radius 3 is 2.72 bits per heavy atom. The molecule has 1 heterocycles. The molecule has 2 aromatic rings. The normalized spacial score (nSPS) is 13.5. The van der Waals surface area contributed by atoms with E-state index in [0.29, 0.717) is 18.7 Å². The van der Waals surface area contributed by atoms with Gasteiger partial charge in [0.15, 0.2) is 0 Å². The Morgan fingerprint density at radius 1 is 1.24 bits per heavy atom. The second-order valence-electron chi connectivity index (χ2n) is 6.18. The van der Waals surface area contributed by atoms with Gasteiger partial charge in [-0.2, -0.15) is 0 Å². The van der Waals surface area contributed by atoms with Gasteiger partial charge in [0.05, 0.1) is 5.56 Å². The monoisotopic (exact) mass is 335 g/mol. The number of carboxylic acid groups (broad SMARTS) is 1. The van der Waals surface area contributed by atoms with Crippen LogP contribution in [-0.2, 0) is 0 Å². The van der Waals surface area contributed by atoms with Crippen molar-refractivity contribution in [1.29, 1.82) is 0 Å². The third kappa shape index (κ3) is 4.10. The third-order valence-corrected chi connectivity index (χ3v) is 4.18. The van der Waals surface area contributed by atoms with Crippen LogP contribution in [0, 0.1) is 0 Å². The fraction of sp³-hybridized carbons (Fsp3) is 0.190. The van der Waals surface area contributed by atoms with Crippen molar-refractivity contribution in [3.63, 3.8) is 0 Å². The zero-order chi connectivity index (χ0) is 17.8. The van der Waals surface area contributed by atoms with Crippen LogP contribution in [0.2, 0.25) is 0 Å². The van der Waals surface area contributed by atoms with Crippen molar-refractivity contribution in [3.05, 3.63) is 70.8 Å². The number of ether oxygens (including phenoxy) is 1. The lowest BCUT2D eigenvalue weighted by Gasteiger charge is -2.18. The van der Waals surface area contributed by atoms with E-state index in [4.69, 9.17) is 9.84 Å². The maximum Gasteiger partial charge on any atom is 0.335 e. The van der Waals surface area contributed by atoms with Crippen LogP contribution in [0.15, 0.2) is 54.1 Å². The first kappa shape index (κ1) is 16.8. The van der Waals surface area contributed by atoms with E-state index in [1.807, 2.05) is 31.2 Å².